The van der Waals surface area contributed by atoms with Crippen molar-refractivity contribution in [2.45, 2.75) is 123 Å². The van der Waals surface area contributed by atoms with E-state index in [0.717, 1.165) is 43.0 Å². The highest BCUT2D eigenvalue weighted by Crippen LogP contribution is 2.35. The van der Waals surface area contributed by atoms with E-state index in [1.807, 2.05) is 100 Å². The van der Waals surface area contributed by atoms with Crippen molar-refractivity contribution in [1.82, 2.24) is 35.4 Å². The van der Waals surface area contributed by atoms with Crippen LogP contribution in [0.5, 0.6) is 5.75 Å². The number of hydrogen-bond donors (Lipinski definition) is 5. The number of benzene rings is 4. The Kier molecular flexibility index (Phi) is 20.3. The van der Waals surface area contributed by atoms with Gasteiger partial charge in [-0.25, -0.2) is 24.1 Å². The topological polar surface area (TPSA) is 237 Å². The third kappa shape index (κ3) is 15.5. The molecular weight excluding hydrogens is 1150 g/mol. The summed E-state index contributed by atoms with van der Waals surface area (Å²) in [7, 11) is 1.63. The van der Waals surface area contributed by atoms with Gasteiger partial charge in [0.05, 0.1) is 51.6 Å². The molecule has 0 aliphatic carbocycles. The van der Waals surface area contributed by atoms with Crippen LogP contribution in [-0.2, 0) is 38.6 Å². The first-order valence-electron chi connectivity index (χ1n) is 28.7. The number of aromatic nitrogens is 3. The van der Waals surface area contributed by atoms with Crippen molar-refractivity contribution in [3.05, 3.63) is 140 Å². The molecule has 5 N–H and O–H groups in total. The lowest BCUT2D eigenvalue weighted by molar-refractivity contribution is -0.144. The first-order valence-corrected chi connectivity index (χ1v) is 31.2. The number of likely N-dealkylation sites (tertiary alicyclic amines) is 1. The van der Waals surface area contributed by atoms with Crippen LogP contribution in [0.4, 0.5) is 14.7 Å². The Bertz CT molecular complexity index is 3660. The van der Waals surface area contributed by atoms with Crippen LogP contribution in [-0.4, -0.2) is 122 Å². The lowest BCUT2D eigenvalue weighted by Crippen LogP contribution is -2.57. The normalized spacial score (nSPS) is 15.5. The molecule has 0 saturated carbocycles. The van der Waals surface area contributed by atoms with Crippen LogP contribution >= 0.6 is 34.0 Å². The number of ether oxygens (including phenoxy) is 1. The lowest BCUT2D eigenvalue weighted by Gasteiger charge is -2.35. The molecule has 9 rings (SSSR count). The Hall–Kier alpha value is -8.10. The minimum Gasteiger partial charge on any atom is -0.491 e. The summed E-state index contributed by atoms with van der Waals surface area (Å²) in [6, 6.07) is 23.3. The molecule has 5 amide bonds. The number of β-amino-alcohol motifs (C(OH)–C–C–N with tert-alkyl or cyclic N) is 1. The average molecular weight is 1220 g/mol. The number of unbranched alkanes of at least 4 members (excludes halogenated alkanes) is 2. The molecule has 4 aromatic carbocycles. The molecule has 0 spiro atoms. The number of aromatic carboxylic acids is 1. The molecule has 5 heterocycles. The van der Waals surface area contributed by atoms with Crippen LogP contribution in [0.2, 0.25) is 0 Å². The van der Waals surface area contributed by atoms with E-state index in [1.165, 1.54) is 44.6 Å². The Morgan fingerprint density at radius 2 is 1.71 bits per heavy atom. The minimum absolute atomic E-state index is 0.0194. The van der Waals surface area contributed by atoms with E-state index in [9.17, 15) is 39.0 Å². The van der Waals surface area contributed by atoms with Crippen LogP contribution in [0.25, 0.3) is 20.7 Å². The SMILES string of the molecule is Cc1ncsc1-c1ccc([C@H](C)NC(=O)[C@@H]2C[C@@H](O)CN2C(=O)[C@@H](NC(=O)CCCCCC(=O)N(C)CC#Cc2ccc(OCCCc3sc(N4CCc5cccc(C(=O)Nc6nc7ccccc7s6)c5C4)nc3C(=O)O)c(F)c2)C(C)(C)C)cc1. The van der Waals surface area contributed by atoms with Crippen molar-refractivity contribution in [3.63, 3.8) is 0 Å². The minimum atomic E-state index is -1.15. The second kappa shape index (κ2) is 27.9. The number of carbonyl (C=O) groups is 6. The largest absolute Gasteiger partial charge is 0.491 e. The summed E-state index contributed by atoms with van der Waals surface area (Å²) >= 11 is 4.24. The number of carboxylic acids is 1. The number of rotatable bonds is 22. The second-order valence-corrected chi connectivity index (χ2v) is 25.7. The number of fused-ring (bicyclic) bond motifs is 2. The molecule has 2 aliphatic rings. The Morgan fingerprint density at radius 3 is 2.44 bits per heavy atom. The maximum Gasteiger partial charge on any atom is 0.355 e. The molecule has 2 aliphatic heterocycles. The zero-order valence-electron chi connectivity index (χ0n) is 48.9. The number of amides is 5. The van der Waals surface area contributed by atoms with Gasteiger partial charge in [-0.15, -0.1) is 22.7 Å². The molecule has 0 bridgehead atoms. The van der Waals surface area contributed by atoms with Gasteiger partial charge in [0.2, 0.25) is 23.6 Å². The highest BCUT2D eigenvalue weighted by molar-refractivity contribution is 7.22. The second-order valence-electron chi connectivity index (χ2n) is 22.7. The number of thiazole rings is 3. The fraction of sp³-hybridized carbons (Fsp3) is 0.391. The standard InChI is InChI=1S/C64H70FN9O9S3/c1-38(41-24-26-43(27-25-41)56-39(2)66-37-84-56)67-59(79)49-34-44(75)35-74(49)60(80)57(64(3,4)5)69-53(76)21-8-7-9-22-54(77)72(6)30-13-15-40-23-28-50(47(65)33-40)83-32-14-20-52-55(61(81)82)70-63(86-52)73-31-29-42-16-12-17-45(46(42)36-73)58(78)71-62-68-48-18-10-11-19-51(48)85-62/h10-12,16-19,23-28,33,37-38,44,49,57,75H,7-9,14,20-22,29-32,34-36H2,1-6H3,(H,67,79)(H,69,76)(H,81,82)(H,68,71,78)/t38-,44+,49-,57+/m0/s1. The molecule has 0 unspecified atom stereocenters. The van der Waals surface area contributed by atoms with Gasteiger partial charge in [0.1, 0.15) is 12.1 Å². The predicted octanol–water partition coefficient (Wildman–Crippen LogP) is 9.98. The fourth-order valence-corrected chi connectivity index (χ4v) is 13.3. The van der Waals surface area contributed by atoms with Gasteiger partial charge in [-0.3, -0.25) is 29.3 Å². The Labute approximate surface area is 511 Å². The van der Waals surface area contributed by atoms with Crippen molar-refractivity contribution in [3.8, 4) is 28.0 Å². The number of halogens is 1. The predicted molar refractivity (Wildman–Crippen MR) is 332 cm³/mol. The van der Waals surface area contributed by atoms with Gasteiger partial charge in [0, 0.05) is 61.9 Å². The fourth-order valence-electron chi connectivity index (χ4n) is 10.5. The summed E-state index contributed by atoms with van der Waals surface area (Å²) in [6.07, 6.45) is 2.46. The van der Waals surface area contributed by atoms with Gasteiger partial charge in [-0.1, -0.05) is 98.9 Å². The van der Waals surface area contributed by atoms with Gasteiger partial charge in [0.25, 0.3) is 5.91 Å². The van der Waals surface area contributed by atoms with Crippen LogP contribution in [0.15, 0.2) is 90.4 Å². The number of nitrogens with zero attached hydrogens (tertiary/aromatic N) is 6. The van der Waals surface area contributed by atoms with E-state index in [-0.39, 0.29) is 80.1 Å². The summed E-state index contributed by atoms with van der Waals surface area (Å²) in [5.41, 5.74) is 7.51. The number of hydrogen-bond acceptors (Lipinski definition) is 15. The zero-order chi connectivity index (χ0) is 61.2. The average Bonchev–Trinajstić information content (AvgIpc) is 3.51. The highest BCUT2D eigenvalue weighted by atomic mass is 32.1. The number of carboxylic acid groups (broad SMARTS) is 1. The molecule has 86 heavy (non-hydrogen) atoms. The van der Waals surface area contributed by atoms with Crippen LogP contribution in [0.3, 0.4) is 0 Å². The molecule has 4 atom stereocenters. The third-order valence-corrected chi connectivity index (χ3v) is 18.4. The third-order valence-electron chi connectivity index (χ3n) is 15.3. The van der Waals surface area contributed by atoms with Gasteiger partial charge in [-0.05, 0) is 110 Å². The Morgan fingerprint density at radius 1 is 0.930 bits per heavy atom. The summed E-state index contributed by atoms with van der Waals surface area (Å²) < 4.78 is 22.0. The van der Waals surface area contributed by atoms with Crippen LogP contribution in [0, 0.1) is 30.0 Å². The number of aliphatic hydroxyl groups excluding tert-OH is 1. The van der Waals surface area contributed by atoms with Gasteiger partial charge >= 0.3 is 5.97 Å². The summed E-state index contributed by atoms with van der Waals surface area (Å²) in [4.78, 5) is 100.0. The molecule has 1 saturated heterocycles. The van der Waals surface area contributed by atoms with E-state index in [4.69, 9.17) is 4.74 Å². The lowest BCUT2D eigenvalue weighted by atomic mass is 9.85. The smallest absolute Gasteiger partial charge is 0.355 e. The summed E-state index contributed by atoms with van der Waals surface area (Å²) in [6.45, 7) is 10.5. The van der Waals surface area contributed by atoms with Gasteiger partial charge in [-0.2, -0.15) is 0 Å². The van der Waals surface area contributed by atoms with Crippen LogP contribution < -0.4 is 25.6 Å². The van der Waals surface area contributed by atoms with Crippen molar-refractivity contribution >= 4 is 90.0 Å². The number of para-hydroxylation sites is 1. The molecule has 22 heteroatoms. The number of carbonyl (C=O) groups excluding carboxylic acids is 5. The van der Waals surface area contributed by atoms with E-state index in [1.54, 1.807) is 36.0 Å². The maximum atomic E-state index is 15.2. The van der Waals surface area contributed by atoms with E-state index >= 15 is 4.39 Å². The quantitative estimate of drug-likeness (QED) is 0.0314. The highest BCUT2D eigenvalue weighted by Gasteiger charge is 2.45. The summed E-state index contributed by atoms with van der Waals surface area (Å²) in [5.74, 6) is 2.50. The first kappa shape index (κ1) is 62.4. The molecule has 7 aromatic rings. The molecule has 3 aromatic heterocycles. The van der Waals surface area contributed by atoms with E-state index in [0.29, 0.717) is 77.9 Å². The molecular formula is C64H70FN9O9S3. The number of aryl methyl sites for hydroxylation is 2. The maximum absolute atomic E-state index is 15.2. The van der Waals surface area contributed by atoms with Crippen molar-refractivity contribution in [2.24, 2.45) is 5.41 Å². The number of anilines is 2. The zero-order valence-corrected chi connectivity index (χ0v) is 51.4. The molecule has 450 valence electrons. The van der Waals surface area contributed by atoms with E-state index < -0.39 is 41.3 Å². The number of aliphatic hydroxyl groups is 1. The van der Waals surface area contributed by atoms with Crippen LogP contribution in [0.1, 0.15) is 132 Å². The van der Waals surface area contributed by atoms with Gasteiger partial charge < -0.3 is 40.3 Å². The Balaban J connectivity index is 0.680. The van der Waals surface area contributed by atoms with Crippen molar-refractivity contribution < 1.29 is 48.1 Å². The van der Waals surface area contributed by atoms with Gasteiger partial charge in [0.15, 0.2) is 27.5 Å². The number of nitrogens with one attached hydrogen (secondary N) is 3. The molecule has 18 nitrogen and oxygen atoms in total. The summed E-state index contributed by atoms with van der Waals surface area (Å²) in [5, 5.41) is 30.7. The van der Waals surface area contributed by atoms with E-state index in [2.05, 4.69) is 42.7 Å². The molecule has 0 radical (unpaired) electrons. The van der Waals surface area contributed by atoms with Crippen molar-refractivity contribution in [2.75, 3.05) is 43.5 Å². The first-order chi connectivity index (χ1) is 41.2. The monoisotopic (exact) mass is 1220 g/mol. The van der Waals surface area contributed by atoms with Crippen molar-refractivity contribution in [1.29, 1.82) is 0 Å². The molecule has 1 fully saturated rings.